The Morgan fingerprint density at radius 3 is 2.05 bits per heavy atom. The Bertz CT molecular complexity index is 770. The summed E-state index contributed by atoms with van der Waals surface area (Å²) in [5, 5.41) is 0. The fraction of sp³-hybridized carbons (Fsp3) is 0. The van der Waals surface area contributed by atoms with E-state index in [1.54, 1.807) is 30.7 Å². The summed E-state index contributed by atoms with van der Waals surface area (Å²) in [7, 11) is 0. The zero-order valence-electron chi connectivity index (χ0n) is 10.9. The normalized spacial score (nSPS) is 10.5. The van der Waals surface area contributed by atoms with E-state index in [4.69, 9.17) is 11.5 Å². The first-order chi connectivity index (χ1) is 10.1. The highest BCUT2D eigenvalue weighted by atomic mass is 19.1. The van der Waals surface area contributed by atoms with Gasteiger partial charge in [-0.2, -0.15) is 0 Å². The highest BCUT2D eigenvalue weighted by molar-refractivity contribution is 5.80. The van der Waals surface area contributed by atoms with E-state index in [9.17, 15) is 4.39 Å². The molecule has 0 unspecified atom stereocenters. The van der Waals surface area contributed by atoms with Crippen LogP contribution in [-0.4, -0.2) is 19.9 Å². The molecule has 2 heterocycles. The number of nitrogens with two attached hydrogens (primary N) is 2. The molecule has 0 saturated heterocycles. The van der Waals surface area contributed by atoms with E-state index < -0.39 is 0 Å². The zero-order chi connectivity index (χ0) is 14.8. The molecule has 0 spiro atoms. The highest BCUT2D eigenvalue weighted by Gasteiger charge is 2.11. The SMILES string of the molecule is Nc1ncc(-c2nc(N)ncc2-c2ccc(F)cc2)cn1. The lowest BCUT2D eigenvalue weighted by Gasteiger charge is -2.09. The fourth-order valence-corrected chi connectivity index (χ4v) is 1.92. The van der Waals surface area contributed by atoms with Gasteiger partial charge in [-0.05, 0) is 17.7 Å². The maximum absolute atomic E-state index is 13.0. The lowest BCUT2D eigenvalue weighted by Crippen LogP contribution is -2.00. The number of hydrogen-bond donors (Lipinski definition) is 2. The Morgan fingerprint density at radius 1 is 0.762 bits per heavy atom. The molecule has 0 aliphatic carbocycles. The average Bonchev–Trinajstić information content (AvgIpc) is 2.49. The van der Waals surface area contributed by atoms with Crippen LogP contribution in [-0.2, 0) is 0 Å². The minimum Gasteiger partial charge on any atom is -0.368 e. The summed E-state index contributed by atoms with van der Waals surface area (Å²) in [5.74, 6) is -0.00993. The molecular weight excluding hydrogens is 271 g/mol. The topological polar surface area (TPSA) is 104 Å². The van der Waals surface area contributed by atoms with E-state index in [-0.39, 0.29) is 17.7 Å². The van der Waals surface area contributed by atoms with Crippen molar-refractivity contribution in [2.75, 3.05) is 11.5 Å². The van der Waals surface area contributed by atoms with Gasteiger partial charge in [0.25, 0.3) is 0 Å². The second kappa shape index (κ2) is 5.12. The number of rotatable bonds is 2. The quantitative estimate of drug-likeness (QED) is 0.744. The van der Waals surface area contributed by atoms with Crippen molar-refractivity contribution in [1.82, 2.24) is 19.9 Å². The molecule has 0 atom stereocenters. The summed E-state index contributed by atoms with van der Waals surface area (Å²) < 4.78 is 13.0. The van der Waals surface area contributed by atoms with Gasteiger partial charge in [0.2, 0.25) is 11.9 Å². The standard InChI is InChI=1S/C14H11FN6/c15-10-3-1-8(2-4-10)11-7-20-14(17)21-12(11)9-5-18-13(16)19-6-9/h1-7H,(H2,16,18,19)(H2,17,20,21). The lowest BCUT2D eigenvalue weighted by atomic mass is 10.0. The van der Waals surface area contributed by atoms with Gasteiger partial charge in [0.1, 0.15) is 5.82 Å². The first-order valence-corrected chi connectivity index (χ1v) is 6.10. The Labute approximate surface area is 119 Å². The van der Waals surface area contributed by atoms with E-state index in [0.29, 0.717) is 16.8 Å². The van der Waals surface area contributed by atoms with Gasteiger partial charge in [0.15, 0.2) is 0 Å². The molecule has 21 heavy (non-hydrogen) atoms. The molecule has 0 aliphatic heterocycles. The number of nitrogens with zero attached hydrogens (tertiary/aromatic N) is 4. The summed E-state index contributed by atoms with van der Waals surface area (Å²) in [4.78, 5) is 16.1. The molecule has 0 bridgehead atoms. The summed E-state index contributed by atoms with van der Waals surface area (Å²) >= 11 is 0. The van der Waals surface area contributed by atoms with Gasteiger partial charge in [-0.1, -0.05) is 12.1 Å². The van der Waals surface area contributed by atoms with Crippen molar-refractivity contribution in [2.24, 2.45) is 0 Å². The number of aromatic nitrogens is 4. The van der Waals surface area contributed by atoms with Crippen molar-refractivity contribution in [3.05, 3.63) is 48.7 Å². The van der Waals surface area contributed by atoms with Crippen LogP contribution in [0.1, 0.15) is 0 Å². The molecule has 6 nitrogen and oxygen atoms in total. The predicted molar refractivity (Wildman–Crippen MR) is 77.3 cm³/mol. The van der Waals surface area contributed by atoms with Crippen LogP contribution in [0.5, 0.6) is 0 Å². The monoisotopic (exact) mass is 282 g/mol. The third kappa shape index (κ3) is 2.62. The molecule has 1 aromatic carbocycles. The van der Waals surface area contributed by atoms with Crippen LogP contribution >= 0.6 is 0 Å². The van der Waals surface area contributed by atoms with Crippen molar-refractivity contribution in [2.45, 2.75) is 0 Å². The maximum Gasteiger partial charge on any atom is 0.220 e. The lowest BCUT2D eigenvalue weighted by molar-refractivity contribution is 0.628. The zero-order valence-corrected chi connectivity index (χ0v) is 10.9. The van der Waals surface area contributed by atoms with Gasteiger partial charge in [0.05, 0.1) is 5.69 Å². The molecular formula is C14H11FN6. The molecule has 0 fully saturated rings. The summed E-state index contributed by atoms with van der Waals surface area (Å²) in [6, 6.07) is 6.03. The summed E-state index contributed by atoms with van der Waals surface area (Å²) in [6.45, 7) is 0. The third-order valence-electron chi connectivity index (χ3n) is 2.91. The number of benzene rings is 1. The smallest absolute Gasteiger partial charge is 0.220 e. The van der Waals surface area contributed by atoms with Gasteiger partial charge < -0.3 is 11.5 Å². The molecule has 7 heteroatoms. The number of anilines is 2. The van der Waals surface area contributed by atoms with Crippen LogP contribution in [0.3, 0.4) is 0 Å². The minimum absolute atomic E-state index is 0.132. The van der Waals surface area contributed by atoms with Crippen LogP contribution in [0.15, 0.2) is 42.9 Å². The Kier molecular flexibility index (Phi) is 3.15. The molecule has 0 saturated carbocycles. The first-order valence-electron chi connectivity index (χ1n) is 6.10. The summed E-state index contributed by atoms with van der Waals surface area (Å²) in [5.41, 5.74) is 13.8. The molecule has 4 N–H and O–H groups in total. The van der Waals surface area contributed by atoms with Crippen molar-refractivity contribution in [3.63, 3.8) is 0 Å². The predicted octanol–water partition coefficient (Wildman–Crippen LogP) is 1.90. The number of halogens is 1. The summed E-state index contributed by atoms with van der Waals surface area (Å²) in [6.07, 6.45) is 4.69. The van der Waals surface area contributed by atoms with E-state index >= 15 is 0 Å². The van der Waals surface area contributed by atoms with E-state index in [0.717, 1.165) is 5.56 Å². The van der Waals surface area contributed by atoms with Crippen LogP contribution < -0.4 is 11.5 Å². The van der Waals surface area contributed by atoms with Crippen LogP contribution in [0.25, 0.3) is 22.4 Å². The first kappa shape index (κ1) is 12.9. The van der Waals surface area contributed by atoms with Gasteiger partial charge in [-0.15, -0.1) is 0 Å². The van der Waals surface area contributed by atoms with E-state index in [1.165, 1.54) is 12.1 Å². The maximum atomic E-state index is 13.0. The van der Waals surface area contributed by atoms with Crippen molar-refractivity contribution in [1.29, 1.82) is 0 Å². The van der Waals surface area contributed by atoms with Crippen LogP contribution in [0.4, 0.5) is 16.3 Å². The van der Waals surface area contributed by atoms with Gasteiger partial charge >= 0.3 is 0 Å². The molecule has 3 rings (SSSR count). The van der Waals surface area contributed by atoms with E-state index in [1.807, 2.05) is 0 Å². The largest absolute Gasteiger partial charge is 0.368 e. The average molecular weight is 282 g/mol. The van der Waals surface area contributed by atoms with Crippen molar-refractivity contribution >= 4 is 11.9 Å². The molecule has 3 aromatic rings. The fourth-order valence-electron chi connectivity index (χ4n) is 1.92. The molecule has 2 aromatic heterocycles. The number of hydrogen-bond acceptors (Lipinski definition) is 6. The van der Waals surface area contributed by atoms with Gasteiger partial charge in [-0.3, -0.25) is 0 Å². The second-order valence-corrected chi connectivity index (χ2v) is 4.33. The van der Waals surface area contributed by atoms with E-state index in [2.05, 4.69) is 19.9 Å². The Balaban J connectivity index is 2.17. The second-order valence-electron chi connectivity index (χ2n) is 4.33. The molecule has 0 aliphatic rings. The Morgan fingerprint density at radius 2 is 1.38 bits per heavy atom. The van der Waals surface area contributed by atoms with Crippen molar-refractivity contribution in [3.8, 4) is 22.4 Å². The molecule has 0 radical (unpaired) electrons. The minimum atomic E-state index is -0.313. The molecule has 0 amide bonds. The van der Waals surface area contributed by atoms with Crippen LogP contribution in [0, 0.1) is 5.82 Å². The highest BCUT2D eigenvalue weighted by Crippen LogP contribution is 2.29. The van der Waals surface area contributed by atoms with Gasteiger partial charge in [-0.25, -0.2) is 24.3 Å². The van der Waals surface area contributed by atoms with Gasteiger partial charge in [0, 0.05) is 29.7 Å². The Hall–Kier alpha value is -3.09. The molecule has 104 valence electrons. The van der Waals surface area contributed by atoms with Crippen molar-refractivity contribution < 1.29 is 4.39 Å². The third-order valence-corrected chi connectivity index (χ3v) is 2.91. The van der Waals surface area contributed by atoms with Crippen LogP contribution in [0.2, 0.25) is 0 Å². The number of nitrogen functional groups attached to an aromatic ring is 2.